The van der Waals surface area contributed by atoms with Crippen molar-refractivity contribution in [2.24, 2.45) is 0 Å². The lowest BCUT2D eigenvalue weighted by Gasteiger charge is -1.88. The molecule has 0 aliphatic rings. The molecule has 0 aliphatic carbocycles. The summed E-state index contributed by atoms with van der Waals surface area (Å²) in [5, 5.41) is 11.7. The standard InChI is InChI=1S/C10H8N2S/c1(2-10-4-6-13-8-10)9-3-5-11-12-7-9/h1-8H/b2-1+. The van der Waals surface area contributed by atoms with E-state index in [0.717, 1.165) is 5.56 Å². The van der Waals surface area contributed by atoms with Crippen molar-refractivity contribution in [2.45, 2.75) is 0 Å². The maximum Gasteiger partial charge on any atom is 0.0568 e. The molecule has 2 aromatic rings. The third kappa shape index (κ3) is 2.23. The summed E-state index contributed by atoms with van der Waals surface area (Å²) >= 11 is 1.70. The molecule has 2 heterocycles. The molecule has 64 valence electrons. The molecular formula is C10H8N2S. The molecule has 2 aromatic heterocycles. The van der Waals surface area contributed by atoms with Crippen LogP contribution >= 0.6 is 11.3 Å². The van der Waals surface area contributed by atoms with E-state index < -0.39 is 0 Å². The van der Waals surface area contributed by atoms with Gasteiger partial charge in [-0.05, 0) is 34.0 Å². The van der Waals surface area contributed by atoms with E-state index >= 15 is 0 Å². The zero-order valence-electron chi connectivity index (χ0n) is 6.92. The van der Waals surface area contributed by atoms with Gasteiger partial charge in [0.2, 0.25) is 0 Å². The third-order valence-electron chi connectivity index (χ3n) is 1.62. The second kappa shape index (κ2) is 3.96. The number of hydrogen-bond acceptors (Lipinski definition) is 3. The quantitative estimate of drug-likeness (QED) is 0.724. The van der Waals surface area contributed by atoms with Crippen LogP contribution in [-0.4, -0.2) is 10.2 Å². The van der Waals surface area contributed by atoms with Gasteiger partial charge in [0.05, 0.1) is 12.4 Å². The smallest absolute Gasteiger partial charge is 0.0568 e. The summed E-state index contributed by atoms with van der Waals surface area (Å²) in [5.74, 6) is 0. The summed E-state index contributed by atoms with van der Waals surface area (Å²) in [6, 6.07) is 4.01. The van der Waals surface area contributed by atoms with Crippen LogP contribution in [-0.2, 0) is 0 Å². The van der Waals surface area contributed by atoms with Gasteiger partial charge in [-0.15, -0.1) is 0 Å². The van der Waals surface area contributed by atoms with Crippen LogP contribution in [0.4, 0.5) is 0 Å². The van der Waals surface area contributed by atoms with E-state index in [1.807, 2.05) is 12.1 Å². The van der Waals surface area contributed by atoms with E-state index in [1.54, 1.807) is 23.7 Å². The van der Waals surface area contributed by atoms with Gasteiger partial charge in [0.1, 0.15) is 0 Å². The minimum Gasteiger partial charge on any atom is -0.159 e. The van der Waals surface area contributed by atoms with Crippen molar-refractivity contribution < 1.29 is 0 Å². The molecule has 2 rings (SSSR count). The van der Waals surface area contributed by atoms with Gasteiger partial charge >= 0.3 is 0 Å². The Morgan fingerprint density at radius 2 is 2.00 bits per heavy atom. The van der Waals surface area contributed by atoms with Crippen LogP contribution in [0.2, 0.25) is 0 Å². The Bertz CT molecular complexity index is 379. The fourth-order valence-corrected chi connectivity index (χ4v) is 1.59. The number of hydrogen-bond donors (Lipinski definition) is 0. The zero-order valence-corrected chi connectivity index (χ0v) is 7.74. The molecule has 0 N–H and O–H groups in total. The molecule has 0 atom stereocenters. The average Bonchev–Trinajstić information content (AvgIpc) is 2.69. The van der Waals surface area contributed by atoms with E-state index in [2.05, 4.69) is 33.1 Å². The Morgan fingerprint density at radius 1 is 1.08 bits per heavy atom. The fraction of sp³-hybridized carbons (Fsp3) is 0. The highest BCUT2D eigenvalue weighted by Gasteiger charge is 1.86. The zero-order chi connectivity index (χ0) is 8.93. The third-order valence-corrected chi connectivity index (χ3v) is 2.32. The van der Waals surface area contributed by atoms with E-state index in [4.69, 9.17) is 0 Å². The van der Waals surface area contributed by atoms with Crippen LogP contribution in [0.1, 0.15) is 11.1 Å². The number of aromatic nitrogens is 2. The predicted octanol–water partition coefficient (Wildman–Crippen LogP) is 2.71. The second-order valence-corrected chi connectivity index (χ2v) is 3.35. The maximum absolute atomic E-state index is 3.79. The minimum absolute atomic E-state index is 1.07. The van der Waals surface area contributed by atoms with Crippen LogP contribution in [0.15, 0.2) is 35.3 Å². The molecule has 0 unspecified atom stereocenters. The van der Waals surface area contributed by atoms with E-state index in [9.17, 15) is 0 Å². The van der Waals surface area contributed by atoms with Gasteiger partial charge < -0.3 is 0 Å². The van der Waals surface area contributed by atoms with Gasteiger partial charge in [0.15, 0.2) is 0 Å². The first-order valence-electron chi connectivity index (χ1n) is 3.92. The highest BCUT2D eigenvalue weighted by atomic mass is 32.1. The molecule has 0 aromatic carbocycles. The van der Waals surface area contributed by atoms with Crippen molar-refractivity contribution in [1.29, 1.82) is 0 Å². The SMILES string of the molecule is C(=C\c1ccsc1)/c1ccnnc1. The van der Waals surface area contributed by atoms with E-state index in [1.165, 1.54) is 5.56 Å². The van der Waals surface area contributed by atoms with Gasteiger partial charge in [-0.3, -0.25) is 0 Å². The van der Waals surface area contributed by atoms with Crippen molar-refractivity contribution in [2.75, 3.05) is 0 Å². The average molecular weight is 188 g/mol. The van der Waals surface area contributed by atoms with Crippen LogP contribution in [0, 0.1) is 0 Å². The van der Waals surface area contributed by atoms with Crippen LogP contribution in [0.3, 0.4) is 0 Å². The first-order chi connectivity index (χ1) is 6.45. The lowest BCUT2D eigenvalue weighted by atomic mass is 10.2. The molecule has 3 heteroatoms. The molecule has 0 saturated carbocycles. The fourth-order valence-electron chi connectivity index (χ4n) is 0.962. The number of nitrogens with zero attached hydrogens (tertiary/aromatic N) is 2. The molecular weight excluding hydrogens is 180 g/mol. The predicted molar refractivity (Wildman–Crippen MR) is 55.3 cm³/mol. The molecule has 0 bridgehead atoms. The summed E-state index contributed by atoms with van der Waals surface area (Å²) < 4.78 is 0. The van der Waals surface area contributed by atoms with Crippen molar-refractivity contribution in [3.63, 3.8) is 0 Å². The van der Waals surface area contributed by atoms with Crippen molar-refractivity contribution >= 4 is 23.5 Å². The summed E-state index contributed by atoms with van der Waals surface area (Å²) in [5.41, 5.74) is 2.29. The van der Waals surface area contributed by atoms with Gasteiger partial charge in [0, 0.05) is 0 Å². The summed E-state index contributed by atoms with van der Waals surface area (Å²) in [6.07, 6.45) is 7.51. The number of thiophene rings is 1. The summed E-state index contributed by atoms with van der Waals surface area (Å²) in [7, 11) is 0. The Kier molecular flexibility index (Phi) is 2.48. The summed E-state index contributed by atoms with van der Waals surface area (Å²) in [4.78, 5) is 0. The molecule has 0 amide bonds. The van der Waals surface area contributed by atoms with Crippen LogP contribution in [0.25, 0.3) is 12.2 Å². The molecule has 0 saturated heterocycles. The Balaban J connectivity index is 2.15. The first kappa shape index (κ1) is 8.13. The second-order valence-electron chi connectivity index (χ2n) is 2.57. The van der Waals surface area contributed by atoms with Crippen LogP contribution < -0.4 is 0 Å². The maximum atomic E-state index is 3.79. The lowest BCUT2D eigenvalue weighted by molar-refractivity contribution is 1.03. The normalized spacial score (nSPS) is 10.8. The molecule has 2 nitrogen and oxygen atoms in total. The molecule has 13 heavy (non-hydrogen) atoms. The first-order valence-corrected chi connectivity index (χ1v) is 4.86. The van der Waals surface area contributed by atoms with Gasteiger partial charge in [-0.2, -0.15) is 21.5 Å². The summed E-state index contributed by atoms with van der Waals surface area (Å²) in [6.45, 7) is 0. The highest BCUT2D eigenvalue weighted by molar-refractivity contribution is 7.08. The van der Waals surface area contributed by atoms with Crippen molar-refractivity contribution in [3.8, 4) is 0 Å². The topological polar surface area (TPSA) is 25.8 Å². The van der Waals surface area contributed by atoms with Crippen LogP contribution in [0.5, 0.6) is 0 Å². The number of rotatable bonds is 2. The van der Waals surface area contributed by atoms with Gasteiger partial charge in [0.25, 0.3) is 0 Å². The highest BCUT2D eigenvalue weighted by Crippen LogP contribution is 2.10. The Labute approximate surface area is 80.6 Å². The molecule has 0 aliphatic heterocycles. The van der Waals surface area contributed by atoms with Crippen molar-refractivity contribution in [3.05, 3.63) is 46.4 Å². The molecule has 0 fully saturated rings. The van der Waals surface area contributed by atoms with Gasteiger partial charge in [-0.1, -0.05) is 12.2 Å². The Hall–Kier alpha value is -1.48. The van der Waals surface area contributed by atoms with Crippen molar-refractivity contribution in [1.82, 2.24) is 10.2 Å². The molecule has 0 radical (unpaired) electrons. The van der Waals surface area contributed by atoms with E-state index in [-0.39, 0.29) is 0 Å². The minimum atomic E-state index is 1.07. The van der Waals surface area contributed by atoms with Gasteiger partial charge in [-0.25, -0.2) is 0 Å². The lowest BCUT2D eigenvalue weighted by Crippen LogP contribution is -1.78. The van der Waals surface area contributed by atoms with E-state index in [0.29, 0.717) is 0 Å². The molecule has 0 spiro atoms. The largest absolute Gasteiger partial charge is 0.159 e. The monoisotopic (exact) mass is 188 g/mol. The Morgan fingerprint density at radius 3 is 2.69 bits per heavy atom.